The molecule has 44 nitrogen and oxygen atoms in total. The molecule has 0 saturated carbocycles. The first-order valence-corrected chi connectivity index (χ1v) is 30.0. The minimum Gasteiger partial charge on any atom is -0.477 e. The minimum absolute atomic E-state index is 0.851. The highest BCUT2D eigenvalue weighted by atomic mass is 16.8. The molecule has 0 spiro atoms. The molecule has 6 fully saturated rings. The first kappa shape index (κ1) is 81.1. The molecular formula is C53H86N4O40. The largest absolute Gasteiger partial charge is 0.477 e. The van der Waals surface area contributed by atoms with Gasteiger partial charge in [0.25, 0.3) is 17.4 Å². The first-order valence-electron chi connectivity index (χ1n) is 30.0. The van der Waals surface area contributed by atoms with Crippen molar-refractivity contribution in [2.45, 2.75) is 248 Å². The summed E-state index contributed by atoms with van der Waals surface area (Å²) >= 11 is 0. The van der Waals surface area contributed by atoms with E-state index in [1.165, 1.54) is 0 Å². The average Bonchev–Trinajstić information content (AvgIpc) is 0.761. The van der Waals surface area contributed by atoms with E-state index in [0.717, 1.165) is 27.7 Å². The molecule has 0 aliphatic carbocycles. The van der Waals surface area contributed by atoms with Crippen molar-refractivity contribution in [1.82, 2.24) is 21.3 Å². The van der Waals surface area contributed by atoms with Crippen molar-refractivity contribution in [3.8, 4) is 0 Å². The van der Waals surface area contributed by atoms with Gasteiger partial charge in [0.15, 0.2) is 18.9 Å². The normalized spacial score (nSPS) is 42.1. The van der Waals surface area contributed by atoms with Gasteiger partial charge in [-0.2, -0.15) is 0 Å². The maximum atomic E-state index is 13.7. The van der Waals surface area contributed by atoms with E-state index in [1.54, 1.807) is 0 Å². The van der Waals surface area contributed by atoms with Crippen LogP contribution in [0.3, 0.4) is 0 Å². The van der Waals surface area contributed by atoms with Crippen LogP contribution in [0.1, 0.15) is 47.0 Å². The lowest BCUT2D eigenvalue weighted by Gasteiger charge is -2.52. The second-order valence-corrected chi connectivity index (χ2v) is 24.0. The number of carbonyl (C=O) groups excluding carboxylic acids is 4. The number of rotatable bonds is 29. The molecule has 558 valence electrons. The van der Waals surface area contributed by atoms with Crippen LogP contribution in [-0.2, 0) is 85.7 Å². The molecule has 4 amide bonds. The van der Waals surface area contributed by atoms with E-state index in [9.17, 15) is 146 Å². The third-order valence-corrected chi connectivity index (χ3v) is 17.0. The molecule has 1 unspecified atom stereocenters. The Kier molecular flexibility index (Phi) is 28.2. The standard InChI is InChI=1S/C53H86N4O40/c1-14(64)54-27-18(68)5-51(48(81)82,93-40(27)31(73)21(71)8-58)92-25(12-62)35(77)42-29(56-16(3)66)20(70)6-52(95-42,49(83)84)96-43-34(76)24(11-61)89-47(37(43)79)91-39-30(57-17(4)67)46(88-23(10-60)33(39)75)90-38-26(13-63)87-45(80)36(78)44(38)97-53(50(85)86)7-19(69)28(55-15(2)65)41(94-53)32(74)22(72)9-59/h18-47,58-63,68-80H,5-13H2,1-4H3,(H,54,64)(H,55,65)(H,56,66)(H,57,67)(H,81,82)(H,83,84)(H,85,86)/t18-,19-,20-,21+,22+,23+,24+,25+,26+,27+,28+,29+,30+,31+,32+,33-,34-,35+,36+,37+,38-,39+,40+,41+,42+,43-,44+,45?,46-,47-,51+,52-,53-/m0/s1. The van der Waals surface area contributed by atoms with Gasteiger partial charge in [-0.15, -0.1) is 0 Å². The van der Waals surface area contributed by atoms with Crippen LogP contribution in [0.25, 0.3) is 0 Å². The number of hydrogen-bond donors (Lipinski definition) is 26. The van der Waals surface area contributed by atoms with E-state index < -0.39 is 301 Å². The smallest absolute Gasteiger partial charge is 0.364 e. The average molecular weight is 1420 g/mol. The summed E-state index contributed by atoms with van der Waals surface area (Å²) in [5.74, 6) is -20.8. The number of hydrogen-bond acceptors (Lipinski definition) is 37. The first-order chi connectivity index (χ1) is 45.4. The maximum Gasteiger partial charge on any atom is 0.364 e. The zero-order chi connectivity index (χ0) is 72.8. The quantitative estimate of drug-likeness (QED) is 0.0331. The number of aliphatic hydroxyl groups is 19. The lowest BCUT2D eigenvalue weighted by molar-refractivity contribution is -0.395. The van der Waals surface area contributed by atoms with E-state index in [1.807, 2.05) is 0 Å². The van der Waals surface area contributed by atoms with Crippen molar-refractivity contribution >= 4 is 41.5 Å². The van der Waals surface area contributed by atoms with E-state index in [-0.39, 0.29) is 0 Å². The molecule has 6 rings (SSSR count). The Hall–Kier alpha value is -4.91. The highest BCUT2D eigenvalue weighted by Gasteiger charge is 2.65. The molecule has 6 saturated heterocycles. The molecule has 6 aliphatic rings. The molecule has 97 heavy (non-hydrogen) atoms. The van der Waals surface area contributed by atoms with Crippen LogP contribution in [0, 0.1) is 0 Å². The summed E-state index contributed by atoms with van der Waals surface area (Å²) in [4.78, 5) is 90.2. The SMILES string of the molecule is CC(=O)N[C@H]1[C@H](O[C@@H]2[C@H](O[C@]3(C(=O)O)C[C@H](O)[C@@H](NC(C)=O)[C@H]([C@H](O)[C@H](O)CO)O3)[C@@H](O)C(O)O[C@@H]2CO)O[C@H](CO)[C@H](O)[C@@H]1O[C@@H]1O[C@H](CO)[C@H](O)[C@H](O[C@]2(C(=O)O)C[C@H](O)[C@@H](NC(C)=O)[C@H]([C@H](O)[C@@H](CO)O[C@]3(C(=O)O)C[C@H](O)[C@@H](NC(C)=O)[C@H]([C@H](O)[C@H](O)CO)O3)O2)[C@H]1O. The van der Waals surface area contributed by atoms with Crippen molar-refractivity contribution in [1.29, 1.82) is 0 Å². The van der Waals surface area contributed by atoms with Crippen molar-refractivity contribution in [3.05, 3.63) is 0 Å². The Morgan fingerprint density at radius 1 is 0.423 bits per heavy atom. The zero-order valence-corrected chi connectivity index (χ0v) is 51.9. The van der Waals surface area contributed by atoms with E-state index in [2.05, 4.69) is 21.3 Å². The topological polar surface area (TPSA) is 714 Å². The van der Waals surface area contributed by atoms with Gasteiger partial charge in [-0.1, -0.05) is 0 Å². The Balaban J connectivity index is 1.36. The molecule has 44 heteroatoms. The van der Waals surface area contributed by atoms with Crippen molar-refractivity contribution < 1.29 is 198 Å². The molecule has 0 bridgehead atoms. The molecule has 0 aromatic rings. The number of ether oxygens (including phenoxy) is 11. The highest BCUT2D eigenvalue weighted by molar-refractivity contribution is 5.78. The summed E-state index contributed by atoms with van der Waals surface area (Å²) in [6, 6.07) is -7.69. The molecule has 33 atom stereocenters. The summed E-state index contributed by atoms with van der Waals surface area (Å²) in [7, 11) is 0. The summed E-state index contributed by atoms with van der Waals surface area (Å²) in [5.41, 5.74) is 0. The monoisotopic (exact) mass is 1420 g/mol. The molecular weight excluding hydrogens is 1330 g/mol. The Bertz CT molecular complexity index is 2680. The van der Waals surface area contributed by atoms with E-state index >= 15 is 0 Å². The number of carboxylic acid groups (broad SMARTS) is 3. The van der Waals surface area contributed by atoms with Crippen LogP contribution < -0.4 is 21.3 Å². The van der Waals surface area contributed by atoms with Gasteiger partial charge in [0.2, 0.25) is 23.6 Å². The summed E-state index contributed by atoms with van der Waals surface area (Å²) < 4.78 is 63.4. The third kappa shape index (κ3) is 17.7. The second kappa shape index (κ2) is 33.7. The van der Waals surface area contributed by atoms with Gasteiger partial charge >= 0.3 is 17.9 Å². The van der Waals surface area contributed by atoms with Gasteiger partial charge in [-0.05, 0) is 0 Å². The zero-order valence-electron chi connectivity index (χ0n) is 51.9. The molecule has 0 aromatic heterocycles. The van der Waals surface area contributed by atoms with E-state index in [0.29, 0.717) is 0 Å². The lowest BCUT2D eigenvalue weighted by Crippen LogP contribution is -2.72. The fourth-order valence-electron chi connectivity index (χ4n) is 12.2. The number of carboxylic acids is 3. The van der Waals surface area contributed by atoms with Crippen LogP contribution in [0.4, 0.5) is 0 Å². The number of nitrogens with one attached hydrogen (secondary N) is 4. The second-order valence-electron chi connectivity index (χ2n) is 24.0. The van der Waals surface area contributed by atoms with Crippen molar-refractivity contribution in [2.24, 2.45) is 0 Å². The maximum absolute atomic E-state index is 13.7. The summed E-state index contributed by atoms with van der Waals surface area (Å²) in [6.45, 7) is -4.21. The molecule has 6 heterocycles. The summed E-state index contributed by atoms with van der Waals surface area (Å²) in [6.07, 6.45) is -64.5. The fraction of sp³-hybridized carbons (Fsp3) is 0.868. The molecule has 6 aliphatic heterocycles. The van der Waals surface area contributed by atoms with E-state index in [4.69, 9.17) is 52.1 Å². The number of aliphatic carboxylic acids is 3. The predicted molar refractivity (Wildman–Crippen MR) is 297 cm³/mol. The minimum atomic E-state index is -3.56. The number of carbonyl (C=O) groups is 7. The van der Waals surface area contributed by atoms with Crippen LogP contribution in [-0.4, -0.2) is 394 Å². The number of aliphatic hydroxyl groups excluding tert-OH is 19. The van der Waals surface area contributed by atoms with Gasteiger partial charge < -0.3 is 186 Å². The van der Waals surface area contributed by atoms with Crippen LogP contribution in [0.5, 0.6) is 0 Å². The fourth-order valence-corrected chi connectivity index (χ4v) is 12.2. The van der Waals surface area contributed by atoms with Gasteiger partial charge in [0, 0.05) is 47.0 Å². The van der Waals surface area contributed by atoms with Crippen LogP contribution in [0.2, 0.25) is 0 Å². The molecule has 0 radical (unpaired) electrons. The Morgan fingerprint density at radius 3 is 1.18 bits per heavy atom. The van der Waals surface area contributed by atoms with Gasteiger partial charge in [0.1, 0.15) is 128 Å². The summed E-state index contributed by atoms with van der Waals surface area (Å²) in [5, 5.41) is 250. The van der Waals surface area contributed by atoms with Crippen molar-refractivity contribution in [2.75, 3.05) is 39.6 Å². The predicted octanol–water partition coefficient (Wildman–Crippen LogP) is -15.9. The lowest BCUT2D eigenvalue weighted by atomic mass is 9.87. The molecule has 26 N–H and O–H groups in total. The van der Waals surface area contributed by atoms with Gasteiger partial charge in [-0.25, -0.2) is 14.4 Å². The Morgan fingerprint density at radius 2 is 0.784 bits per heavy atom. The Labute approximate surface area is 547 Å². The van der Waals surface area contributed by atoms with Crippen LogP contribution >= 0.6 is 0 Å². The third-order valence-electron chi connectivity index (χ3n) is 17.0. The molecule has 0 aromatic carbocycles. The number of amides is 4. The highest BCUT2D eigenvalue weighted by Crippen LogP contribution is 2.43. The van der Waals surface area contributed by atoms with Crippen LogP contribution in [0.15, 0.2) is 0 Å². The van der Waals surface area contributed by atoms with Gasteiger partial charge in [-0.3, -0.25) is 19.2 Å². The van der Waals surface area contributed by atoms with Gasteiger partial charge in [0.05, 0.1) is 76.1 Å². The van der Waals surface area contributed by atoms with Crippen molar-refractivity contribution in [3.63, 3.8) is 0 Å².